The van der Waals surface area contributed by atoms with E-state index in [0.29, 0.717) is 0 Å². The summed E-state index contributed by atoms with van der Waals surface area (Å²) < 4.78 is 10.9. The lowest BCUT2D eigenvalue weighted by molar-refractivity contribution is 0.353. The van der Waals surface area contributed by atoms with Gasteiger partial charge in [-0.05, 0) is 42.5 Å². The molecule has 6 nitrogen and oxygen atoms in total. The first-order valence-corrected chi connectivity index (χ1v) is 8.84. The molecule has 4 rings (SSSR count). The Kier molecular flexibility index (Phi) is 4.34. The van der Waals surface area contributed by atoms with Crippen LogP contribution in [0.4, 0.5) is 11.6 Å². The molecule has 1 aromatic heterocycles. The smallest absolute Gasteiger partial charge is 0.161 e. The SMILES string of the molecule is COc1cc2c(cc1OC)CN(c1cc(N3CCCC3)ncn1)CC2. The molecule has 0 aliphatic carbocycles. The van der Waals surface area contributed by atoms with Gasteiger partial charge >= 0.3 is 0 Å². The molecule has 2 aromatic rings. The van der Waals surface area contributed by atoms with Gasteiger partial charge in [0.15, 0.2) is 11.5 Å². The second-order valence-corrected chi connectivity index (χ2v) is 6.58. The average molecular weight is 340 g/mol. The van der Waals surface area contributed by atoms with Crippen molar-refractivity contribution in [3.8, 4) is 11.5 Å². The zero-order chi connectivity index (χ0) is 17.2. The molecule has 25 heavy (non-hydrogen) atoms. The number of methoxy groups -OCH3 is 2. The van der Waals surface area contributed by atoms with Crippen LogP contribution in [0, 0.1) is 0 Å². The Morgan fingerprint density at radius 2 is 1.44 bits per heavy atom. The van der Waals surface area contributed by atoms with Crippen molar-refractivity contribution in [3.63, 3.8) is 0 Å². The van der Waals surface area contributed by atoms with E-state index in [2.05, 4.69) is 38.0 Å². The second kappa shape index (κ2) is 6.78. The van der Waals surface area contributed by atoms with E-state index in [1.165, 1.54) is 24.0 Å². The van der Waals surface area contributed by atoms with Crippen LogP contribution < -0.4 is 19.3 Å². The summed E-state index contributed by atoms with van der Waals surface area (Å²) in [4.78, 5) is 13.6. The Hall–Kier alpha value is -2.50. The first kappa shape index (κ1) is 16.0. The topological polar surface area (TPSA) is 50.7 Å². The van der Waals surface area contributed by atoms with Crippen LogP contribution >= 0.6 is 0 Å². The molecule has 0 spiro atoms. The number of nitrogens with zero attached hydrogens (tertiary/aromatic N) is 4. The van der Waals surface area contributed by atoms with Crippen LogP contribution in [-0.4, -0.2) is 43.8 Å². The van der Waals surface area contributed by atoms with E-state index < -0.39 is 0 Å². The molecule has 1 saturated heterocycles. The van der Waals surface area contributed by atoms with Crippen molar-refractivity contribution in [1.29, 1.82) is 0 Å². The van der Waals surface area contributed by atoms with Crippen molar-refractivity contribution in [2.75, 3.05) is 43.7 Å². The maximum atomic E-state index is 5.45. The number of benzene rings is 1. The Morgan fingerprint density at radius 1 is 0.800 bits per heavy atom. The van der Waals surface area contributed by atoms with Gasteiger partial charge in [-0.25, -0.2) is 9.97 Å². The molecule has 2 aliphatic rings. The van der Waals surface area contributed by atoms with Crippen LogP contribution in [-0.2, 0) is 13.0 Å². The predicted octanol–water partition coefficient (Wildman–Crippen LogP) is 2.66. The van der Waals surface area contributed by atoms with Crippen LogP contribution in [0.3, 0.4) is 0 Å². The Labute approximate surface area is 148 Å². The Balaban J connectivity index is 1.59. The van der Waals surface area contributed by atoms with E-state index in [-0.39, 0.29) is 0 Å². The molecule has 0 unspecified atom stereocenters. The number of hydrogen-bond acceptors (Lipinski definition) is 6. The molecule has 3 heterocycles. The van der Waals surface area contributed by atoms with Crippen molar-refractivity contribution in [2.45, 2.75) is 25.8 Å². The van der Waals surface area contributed by atoms with Gasteiger partial charge in [0, 0.05) is 32.2 Å². The van der Waals surface area contributed by atoms with Crippen LogP contribution in [0.5, 0.6) is 11.5 Å². The lowest BCUT2D eigenvalue weighted by Crippen LogP contribution is -2.31. The summed E-state index contributed by atoms with van der Waals surface area (Å²) in [6.45, 7) is 3.96. The molecule has 0 N–H and O–H groups in total. The fourth-order valence-corrected chi connectivity index (χ4v) is 3.71. The monoisotopic (exact) mass is 340 g/mol. The van der Waals surface area contributed by atoms with Gasteiger partial charge in [0.1, 0.15) is 18.0 Å². The fraction of sp³-hybridized carbons (Fsp3) is 0.474. The van der Waals surface area contributed by atoms with Crippen LogP contribution in [0.1, 0.15) is 24.0 Å². The van der Waals surface area contributed by atoms with Gasteiger partial charge in [-0.2, -0.15) is 0 Å². The van der Waals surface area contributed by atoms with E-state index >= 15 is 0 Å². The van der Waals surface area contributed by atoms with E-state index in [9.17, 15) is 0 Å². The number of fused-ring (bicyclic) bond motifs is 1. The third-order valence-corrected chi connectivity index (χ3v) is 5.11. The highest BCUT2D eigenvalue weighted by molar-refractivity contribution is 5.54. The number of rotatable bonds is 4. The average Bonchev–Trinajstić information content (AvgIpc) is 3.21. The van der Waals surface area contributed by atoms with Crippen molar-refractivity contribution in [3.05, 3.63) is 35.7 Å². The molecule has 0 atom stereocenters. The Morgan fingerprint density at radius 3 is 2.12 bits per heavy atom. The molecule has 1 aromatic carbocycles. The highest BCUT2D eigenvalue weighted by atomic mass is 16.5. The predicted molar refractivity (Wildman–Crippen MR) is 97.8 cm³/mol. The summed E-state index contributed by atoms with van der Waals surface area (Å²) in [6.07, 6.45) is 5.15. The Bertz CT molecular complexity index is 759. The standard InChI is InChI=1S/C19H24N4O2/c1-24-16-9-14-5-8-23(12-15(14)10-17(16)25-2)19-11-18(20-13-21-19)22-6-3-4-7-22/h9-11,13H,3-8,12H2,1-2H3. The maximum Gasteiger partial charge on any atom is 0.161 e. The van der Waals surface area contributed by atoms with Gasteiger partial charge in [0.2, 0.25) is 0 Å². The van der Waals surface area contributed by atoms with E-state index in [0.717, 1.165) is 55.7 Å². The van der Waals surface area contributed by atoms with Gasteiger partial charge in [0.25, 0.3) is 0 Å². The lowest BCUT2D eigenvalue weighted by atomic mass is 9.99. The zero-order valence-corrected chi connectivity index (χ0v) is 14.9. The molecule has 0 radical (unpaired) electrons. The first-order valence-electron chi connectivity index (χ1n) is 8.84. The first-order chi connectivity index (χ1) is 12.3. The van der Waals surface area contributed by atoms with Gasteiger partial charge in [-0.15, -0.1) is 0 Å². The van der Waals surface area contributed by atoms with Gasteiger partial charge in [-0.3, -0.25) is 0 Å². The number of anilines is 2. The molecule has 132 valence electrons. The van der Waals surface area contributed by atoms with Crippen molar-refractivity contribution in [1.82, 2.24) is 9.97 Å². The number of hydrogen-bond donors (Lipinski definition) is 0. The van der Waals surface area contributed by atoms with Crippen LogP contribution in [0.25, 0.3) is 0 Å². The quantitative estimate of drug-likeness (QED) is 0.853. The molecular weight excluding hydrogens is 316 g/mol. The third-order valence-electron chi connectivity index (χ3n) is 5.11. The molecule has 1 fully saturated rings. The normalized spacial score (nSPS) is 16.7. The van der Waals surface area contributed by atoms with Gasteiger partial charge in [0.05, 0.1) is 14.2 Å². The van der Waals surface area contributed by atoms with Crippen molar-refractivity contribution in [2.24, 2.45) is 0 Å². The van der Waals surface area contributed by atoms with E-state index in [1.54, 1.807) is 20.5 Å². The molecule has 6 heteroatoms. The third kappa shape index (κ3) is 3.08. The molecule has 0 bridgehead atoms. The van der Waals surface area contributed by atoms with Crippen LogP contribution in [0.15, 0.2) is 24.5 Å². The van der Waals surface area contributed by atoms with E-state index in [4.69, 9.17) is 9.47 Å². The van der Waals surface area contributed by atoms with Crippen LogP contribution in [0.2, 0.25) is 0 Å². The highest BCUT2D eigenvalue weighted by Crippen LogP contribution is 2.34. The molecular formula is C19H24N4O2. The molecule has 0 amide bonds. The second-order valence-electron chi connectivity index (χ2n) is 6.58. The van der Waals surface area contributed by atoms with Gasteiger partial charge in [-0.1, -0.05) is 0 Å². The summed E-state index contributed by atoms with van der Waals surface area (Å²) >= 11 is 0. The largest absolute Gasteiger partial charge is 0.493 e. The fourth-order valence-electron chi connectivity index (χ4n) is 3.71. The number of aromatic nitrogens is 2. The van der Waals surface area contributed by atoms with Crippen molar-refractivity contribution >= 4 is 11.6 Å². The van der Waals surface area contributed by atoms with Gasteiger partial charge < -0.3 is 19.3 Å². The minimum absolute atomic E-state index is 0.781. The van der Waals surface area contributed by atoms with E-state index in [1.807, 2.05) is 0 Å². The lowest BCUT2D eigenvalue weighted by Gasteiger charge is -2.31. The molecule has 0 saturated carbocycles. The van der Waals surface area contributed by atoms with Crippen molar-refractivity contribution < 1.29 is 9.47 Å². The summed E-state index contributed by atoms with van der Waals surface area (Å²) in [5.41, 5.74) is 2.59. The number of ether oxygens (including phenoxy) is 2. The highest BCUT2D eigenvalue weighted by Gasteiger charge is 2.22. The summed E-state index contributed by atoms with van der Waals surface area (Å²) in [5, 5.41) is 0. The summed E-state index contributed by atoms with van der Waals surface area (Å²) in [7, 11) is 3.36. The maximum absolute atomic E-state index is 5.45. The molecule has 2 aliphatic heterocycles. The summed E-state index contributed by atoms with van der Waals surface area (Å²) in [6, 6.07) is 6.31. The minimum atomic E-state index is 0.781. The summed E-state index contributed by atoms with van der Waals surface area (Å²) in [5.74, 6) is 3.62. The minimum Gasteiger partial charge on any atom is -0.493 e. The zero-order valence-electron chi connectivity index (χ0n) is 14.9.